The first-order valence-corrected chi connectivity index (χ1v) is 6.85. The number of rotatable bonds is 5. The third-order valence-electron chi connectivity index (χ3n) is 3.52. The fourth-order valence-electron chi connectivity index (χ4n) is 2.28. The van der Waals surface area contributed by atoms with Crippen LogP contribution in [0.2, 0.25) is 0 Å². The Hall–Kier alpha value is -1.69. The maximum absolute atomic E-state index is 13.9. The smallest absolute Gasteiger partial charge is 0.423 e. The highest BCUT2D eigenvalue weighted by atomic mass is 19.1. The largest absolute Gasteiger partial charge is 0.488 e. The third kappa shape index (κ3) is 4.14. The molecule has 0 amide bonds. The molecule has 0 spiro atoms. The Morgan fingerprint density at radius 3 is 2.33 bits per heavy atom. The maximum Gasteiger partial charge on any atom is 0.488 e. The van der Waals surface area contributed by atoms with Gasteiger partial charge in [0.1, 0.15) is 5.82 Å². The zero-order valence-electron chi connectivity index (χ0n) is 12.3. The Kier molecular flexibility index (Phi) is 5.12. The Morgan fingerprint density at radius 1 is 1.05 bits per heavy atom. The van der Waals surface area contributed by atoms with Crippen molar-refractivity contribution >= 4 is 12.6 Å². The molecule has 0 aromatic heterocycles. The summed E-state index contributed by atoms with van der Waals surface area (Å²) in [6.45, 7) is 3.25. The van der Waals surface area contributed by atoms with Gasteiger partial charge < -0.3 is 10.0 Å². The molecule has 0 aliphatic rings. The Morgan fingerprint density at radius 2 is 1.71 bits per heavy atom. The van der Waals surface area contributed by atoms with Crippen molar-refractivity contribution in [1.29, 1.82) is 0 Å². The van der Waals surface area contributed by atoms with Crippen molar-refractivity contribution in [3.8, 4) is 0 Å². The van der Waals surface area contributed by atoms with E-state index in [2.05, 4.69) is 19.1 Å². The van der Waals surface area contributed by atoms with Crippen molar-refractivity contribution in [2.45, 2.75) is 20.0 Å². The normalized spacial score (nSPS) is 11.0. The van der Waals surface area contributed by atoms with Crippen LogP contribution in [-0.2, 0) is 13.1 Å². The minimum absolute atomic E-state index is 0.165. The molecule has 0 bridgehead atoms. The van der Waals surface area contributed by atoms with Gasteiger partial charge in [-0.15, -0.1) is 0 Å². The van der Waals surface area contributed by atoms with Crippen LogP contribution >= 0.6 is 0 Å². The minimum atomic E-state index is -1.64. The van der Waals surface area contributed by atoms with Gasteiger partial charge >= 0.3 is 7.12 Å². The quantitative estimate of drug-likeness (QED) is 0.818. The Bertz CT molecular complexity index is 619. The van der Waals surface area contributed by atoms with E-state index in [9.17, 15) is 4.39 Å². The molecule has 2 aromatic carbocycles. The summed E-state index contributed by atoms with van der Waals surface area (Å²) in [6.07, 6.45) is 0. The first-order chi connectivity index (χ1) is 9.97. The van der Waals surface area contributed by atoms with Gasteiger partial charge in [-0.05, 0) is 36.6 Å². The van der Waals surface area contributed by atoms with Gasteiger partial charge in [0.25, 0.3) is 0 Å². The van der Waals surface area contributed by atoms with Crippen LogP contribution < -0.4 is 5.46 Å². The summed E-state index contributed by atoms with van der Waals surface area (Å²) in [7, 11) is 0.291. The molecular weight excluding hydrogens is 268 g/mol. The van der Waals surface area contributed by atoms with Crippen LogP contribution in [0.4, 0.5) is 4.39 Å². The van der Waals surface area contributed by atoms with E-state index < -0.39 is 12.9 Å². The van der Waals surface area contributed by atoms with E-state index in [1.165, 1.54) is 23.3 Å². The molecule has 2 rings (SSSR count). The molecule has 0 aliphatic carbocycles. The summed E-state index contributed by atoms with van der Waals surface area (Å²) < 4.78 is 13.9. The highest BCUT2D eigenvalue weighted by Gasteiger charge is 2.14. The lowest BCUT2D eigenvalue weighted by molar-refractivity contribution is 0.313. The van der Waals surface area contributed by atoms with Crippen molar-refractivity contribution in [2.75, 3.05) is 7.05 Å². The van der Waals surface area contributed by atoms with Crippen LogP contribution in [0, 0.1) is 12.7 Å². The molecule has 5 heteroatoms. The molecule has 0 aliphatic heterocycles. The lowest BCUT2D eigenvalue weighted by Gasteiger charge is -2.18. The fraction of sp³-hybridized carbons (Fsp3) is 0.250. The second-order valence-electron chi connectivity index (χ2n) is 5.32. The van der Waals surface area contributed by atoms with Crippen molar-refractivity contribution in [2.24, 2.45) is 0 Å². The maximum atomic E-state index is 13.9. The van der Waals surface area contributed by atoms with Crippen LogP contribution in [0.15, 0.2) is 42.5 Å². The van der Waals surface area contributed by atoms with Crippen molar-refractivity contribution in [1.82, 2.24) is 4.90 Å². The molecule has 0 unspecified atom stereocenters. The van der Waals surface area contributed by atoms with E-state index >= 15 is 0 Å². The van der Waals surface area contributed by atoms with E-state index in [4.69, 9.17) is 10.0 Å². The summed E-state index contributed by atoms with van der Waals surface area (Å²) in [5, 5.41) is 18.0. The van der Waals surface area contributed by atoms with Crippen LogP contribution in [0.1, 0.15) is 16.7 Å². The second-order valence-corrected chi connectivity index (χ2v) is 5.32. The summed E-state index contributed by atoms with van der Waals surface area (Å²) >= 11 is 0. The molecule has 0 saturated carbocycles. The van der Waals surface area contributed by atoms with Gasteiger partial charge in [0.2, 0.25) is 0 Å². The van der Waals surface area contributed by atoms with Gasteiger partial charge in [-0.2, -0.15) is 0 Å². The minimum Gasteiger partial charge on any atom is -0.423 e. The van der Waals surface area contributed by atoms with Gasteiger partial charge in [0.15, 0.2) is 0 Å². The number of hydrogen-bond donors (Lipinski definition) is 2. The van der Waals surface area contributed by atoms with E-state index in [1.807, 2.05) is 24.1 Å². The van der Waals surface area contributed by atoms with Crippen molar-refractivity contribution < 1.29 is 14.4 Å². The molecule has 21 heavy (non-hydrogen) atoms. The monoisotopic (exact) mass is 287 g/mol. The molecule has 110 valence electrons. The van der Waals surface area contributed by atoms with Crippen LogP contribution in [-0.4, -0.2) is 29.1 Å². The first kappa shape index (κ1) is 15.7. The summed E-state index contributed by atoms with van der Waals surface area (Å²) in [4.78, 5) is 2.02. The average molecular weight is 287 g/mol. The molecule has 0 saturated heterocycles. The van der Waals surface area contributed by atoms with Crippen molar-refractivity contribution in [3.05, 3.63) is 65.0 Å². The zero-order valence-corrected chi connectivity index (χ0v) is 12.3. The van der Waals surface area contributed by atoms with E-state index in [-0.39, 0.29) is 5.46 Å². The molecule has 0 fully saturated rings. The van der Waals surface area contributed by atoms with Crippen LogP contribution in [0.5, 0.6) is 0 Å². The fourth-order valence-corrected chi connectivity index (χ4v) is 2.28. The van der Waals surface area contributed by atoms with Gasteiger partial charge in [0, 0.05) is 18.7 Å². The molecule has 0 radical (unpaired) electrons. The van der Waals surface area contributed by atoms with E-state index in [0.717, 1.165) is 6.54 Å². The predicted octanol–water partition coefficient (Wildman–Crippen LogP) is 1.45. The number of halogens is 1. The summed E-state index contributed by atoms with van der Waals surface area (Å²) in [5.41, 5.74) is 3.12. The highest BCUT2D eigenvalue weighted by Crippen LogP contribution is 2.13. The number of nitrogens with zero attached hydrogens (tertiary/aromatic N) is 1. The van der Waals surface area contributed by atoms with Gasteiger partial charge in [-0.25, -0.2) is 4.39 Å². The molecule has 3 nitrogen and oxygen atoms in total. The topological polar surface area (TPSA) is 43.7 Å². The number of aryl methyl sites for hydroxylation is 1. The predicted molar refractivity (Wildman–Crippen MR) is 82.6 cm³/mol. The summed E-state index contributed by atoms with van der Waals surface area (Å²) in [6, 6.07) is 12.4. The van der Waals surface area contributed by atoms with E-state index in [1.54, 1.807) is 6.07 Å². The molecule has 2 N–H and O–H groups in total. The Labute approximate surface area is 124 Å². The molecule has 2 aromatic rings. The second kappa shape index (κ2) is 6.85. The van der Waals surface area contributed by atoms with Gasteiger partial charge in [-0.1, -0.05) is 36.4 Å². The molecular formula is C16H19BFNO2. The first-order valence-electron chi connectivity index (χ1n) is 6.85. The summed E-state index contributed by atoms with van der Waals surface area (Å²) in [5.74, 6) is -0.419. The lowest BCUT2D eigenvalue weighted by atomic mass is 9.80. The van der Waals surface area contributed by atoms with Gasteiger partial charge in [0.05, 0.1) is 0 Å². The molecule has 0 atom stereocenters. The lowest BCUT2D eigenvalue weighted by Crippen LogP contribution is -2.30. The zero-order chi connectivity index (χ0) is 15.4. The number of benzene rings is 2. The Balaban J connectivity index is 2.06. The average Bonchev–Trinajstić information content (AvgIpc) is 2.43. The highest BCUT2D eigenvalue weighted by molar-refractivity contribution is 6.58. The van der Waals surface area contributed by atoms with Gasteiger partial charge in [-0.3, -0.25) is 4.90 Å². The third-order valence-corrected chi connectivity index (χ3v) is 3.52. The molecule has 0 heterocycles. The standard InChI is InChI=1S/C16H19BFNO2/c1-12-5-3-4-6-13(12)10-19(2)11-14-7-8-15(17(20)21)9-16(14)18/h3-9,20-21H,10-11H2,1-2H3. The van der Waals surface area contributed by atoms with Crippen LogP contribution in [0.25, 0.3) is 0 Å². The van der Waals surface area contributed by atoms with E-state index in [0.29, 0.717) is 12.1 Å². The van der Waals surface area contributed by atoms with Crippen LogP contribution in [0.3, 0.4) is 0 Å². The number of hydrogen-bond acceptors (Lipinski definition) is 3. The van der Waals surface area contributed by atoms with Crippen molar-refractivity contribution in [3.63, 3.8) is 0 Å². The SMILES string of the molecule is Cc1ccccc1CN(C)Cc1ccc(B(O)O)cc1F.